The number of rotatable bonds is 6. The lowest BCUT2D eigenvalue weighted by Gasteiger charge is -2.09. The lowest BCUT2D eigenvalue weighted by atomic mass is 10.0. The summed E-state index contributed by atoms with van der Waals surface area (Å²) in [6.45, 7) is 6.16. The molecule has 0 unspecified atom stereocenters. The van der Waals surface area contributed by atoms with Crippen molar-refractivity contribution in [1.29, 1.82) is 0 Å². The first-order valence-corrected chi connectivity index (χ1v) is 10.5. The molecule has 0 aliphatic carbocycles. The minimum absolute atomic E-state index is 0.0468. The van der Waals surface area contributed by atoms with Gasteiger partial charge in [-0.1, -0.05) is 24.3 Å². The number of carboxylic acid groups (broad SMARTS) is 1. The second-order valence-electron chi connectivity index (χ2n) is 8.13. The van der Waals surface area contributed by atoms with Gasteiger partial charge in [0.05, 0.1) is 24.2 Å². The summed E-state index contributed by atoms with van der Waals surface area (Å²) in [6, 6.07) is 17.1. The van der Waals surface area contributed by atoms with Gasteiger partial charge in [0.25, 0.3) is 0 Å². The molecule has 0 aliphatic heterocycles. The minimum Gasteiger partial charge on any atom is -0.481 e. The molecule has 2 aromatic carbocycles. The van der Waals surface area contributed by atoms with E-state index in [9.17, 15) is 9.59 Å². The van der Waals surface area contributed by atoms with Crippen LogP contribution in [0.5, 0.6) is 0 Å². The van der Waals surface area contributed by atoms with Crippen molar-refractivity contribution in [2.45, 2.75) is 33.6 Å². The number of carbonyl (C=O) groups excluding carboxylic acids is 1. The summed E-state index contributed by atoms with van der Waals surface area (Å²) >= 11 is 0. The number of imidazole rings is 1. The molecule has 2 N–H and O–H groups in total. The zero-order valence-corrected chi connectivity index (χ0v) is 18.3. The quantitative estimate of drug-likeness (QED) is 0.466. The first-order valence-electron chi connectivity index (χ1n) is 10.5. The van der Waals surface area contributed by atoms with Crippen LogP contribution in [0, 0.1) is 20.8 Å². The Kier molecular flexibility index (Phi) is 5.77. The van der Waals surface area contributed by atoms with Crippen LogP contribution >= 0.6 is 0 Å². The SMILES string of the molecule is Cc1ccn2c(CC(=O)Nc3ccc(CC(=O)O)cc3)c(-c3ccc(C)c(C)c3)nc2c1. The van der Waals surface area contributed by atoms with Gasteiger partial charge in [-0.05, 0) is 73.4 Å². The van der Waals surface area contributed by atoms with Crippen LogP contribution in [0.1, 0.15) is 27.9 Å². The van der Waals surface area contributed by atoms with Crippen LogP contribution in [0.4, 0.5) is 5.69 Å². The van der Waals surface area contributed by atoms with Gasteiger partial charge in [-0.2, -0.15) is 0 Å². The molecule has 162 valence electrons. The predicted octanol–water partition coefficient (Wildman–Crippen LogP) is 4.73. The highest BCUT2D eigenvalue weighted by molar-refractivity contribution is 5.93. The van der Waals surface area contributed by atoms with E-state index >= 15 is 0 Å². The summed E-state index contributed by atoms with van der Waals surface area (Å²) in [5, 5.41) is 11.8. The maximum Gasteiger partial charge on any atom is 0.307 e. The van der Waals surface area contributed by atoms with Crippen LogP contribution < -0.4 is 5.32 Å². The second-order valence-corrected chi connectivity index (χ2v) is 8.13. The van der Waals surface area contributed by atoms with E-state index in [2.05, 4.69) is 31.3 Å². The number of anilines is 1. The molecule has 0 saturated carbocycles. The molecule has 0 spiro atoms. The average molecular weight is 428 g/mol. The van der Waals surface area contributed by atoms with Crippen LogP contribution in [0.15, 0.2) is 60.8 Å². The number of hydrogen-bond donors (Lipinski definition) is 2. The van der Waals surface area contributed by atoms with E-state index < -0.39 is 5.97 Å². The monoisotopic (exact) mass is 427 g/mol. The van der Waals surface area contributed by atoms with Gasteiger partial charge in [0.2, 0.25) is 5.91 Å². The van der Waals surface area contributed by atoms with Crippen LogP contribution in [0.2, 0.25) is 0 Å². The molecule has 0 aliphatic rings. The molecule has 32 heavy (non-hydrogen) atoms. The van der Waals surface area contributed by atoms with Crippen LogP contribution in [0.3, 0.4) is 0 Å². The van der Waals surface area contributed by atoms with E-state index in [0.29, 0.717) is 11.3 Å². The summed E-state index contributed by atoms with van der Waals surface area (Å²) in [6.07, 6.45) is 2.06. The number of aryl methyl sites for hydroxylation is 3. The molecular formula is C26H25N3O3. The van der Waals surface area contributed by atoms with Crippen molar-refractivity contribution in [2.75, 3.05) is 5.32 Å². The molecule has 1 amide bonds. The number of aromatic nitrogens is 2. The zero-order chi connectivity index (χ0) is 22.8. The second kappa shape index (κ2) is 8.67. The third-order valence-electron chi connectivity index (χ3n) is 5.58. The fraction of sp³-hybridized carbons (Fsp3) is 0.192. The molecule has 0 atom stereocenters. The number of carbonyl (C=O) groups is 2. The lowest BCUT2D eigenvalue weighted by Crippen LogP contribution is -2.16. The number of nitrogens with zero attached hydrogens (tertiary/aromatic N) is 2. The van der Waals surface area contributed by atoms with Crippen molar-refractivity contribution < 1.29 is 14.7 Å². The smallest absolute Gasteiger partial charge is 0.307 e. The van der Waals surface area contributed by atoms with Crippen LogP contribution in [-0.2, 0) is 22.4 Å². The number of carboxylic acids is 1. The maximum atomic E-state index is 12.9. The Balaban J connectivity index is 1.64. The van der Waals surface area contributed by atoms with Gasteiger partial charge in [-0.15, -0.1) is 0 Å². The highest BCUT2D eigenvalue weighted by Gasteiger charge is 2.18. The Labute approximate surface area is 186 Å². The molecular weight excluding hydrogens is 402 g/mol. The van der Waals surface area contributed by atoms with E-state index in [1.165, 1.54) is 11.1 Å². The van der Waals surface area contributed by atoms with Crippen molar-refractivity contribution in [3.8, 4) is 11.3 Å². The lowest BCUT2D eigenvalue weighted by molar-refractivity contribution is -0.136. The average Bonchev–Trinajstić information content (AvgIpc) is 3.08. The molecule has 0 bridgehead atoms. The summed E-state index contributed by atoms with van der Waals surface area (Å²) in [7, 11) is 0. The van der Waals surface area contributed by atoms with Crippen molar-refractivity contribution in [3.63, 3.8) is 0 Å². The van der Waals surface area contributed by atoms with E-state index in [1.54, 1.807) is 24.3 Å². The Bertz CT molecular complexity index is 1320. The number of pyridine rings is 1. The van der Waals surface area contributed by atoms with Crippen molar-refractivity contribution in [3.05, 3.63) is 88.7 Å². The van der Waals surface area contributed by atoms with E-state index in [1.807, 2.05) is 35.7 Å². The summed E-state index contributed by atoms with van der Waals surface area (Å²) < 4.78 is 1.97. The number of aliphatic carboxylic acids is 1. The minimum atomic E-state index is -0.886. The Hall–Kier alpha value is -3.93. The number of benzene rings is 2. The fourth-order valence-electron chi connectivity index (χ4n) is 3.72. The fourth-order valence-corrected chi connectivity index (χ4v) is 3.72. The van der Waals surface area contributed by atoms with Crippen molar-refractivity contribution in [1.82, 2.24) is 9.38 Å². The summed E-state index contributed by atoms with van der Waals surface area (Å²) in [5.74, 6) is -1.05. The Morgan fingerprint density at radius 1 is 0.938 bits per heavy atom. The van der Waals surface area contributed by atoms with Crippen molar-refractivity contribution >= 4 is 23.2 Å². The number of hydrogen-bond acceptors (Lipinski definition) is 3. The molecule has 0 fully saturated rings. The maximum absolute atomic E-state index is 12.9. The van der Waals surface area contributed by atoms with Gasteiger partial charge in [-0.3, -0.25) is 9.59 Å². The van der Waals surface area contributed by atoms with E-state index in [4.69, 9.17) is 10.1 Å². The standard InChI is InChI=1S/C26H25N3O3/c1-16-10-11-29-22(15-24(30)27-21-8-5-19(6-9-21)14-25(31)32)26(28-23(29)12-16)20-7-4-17(2)18(3)13-20/h4-13H,14-15H2,1-3H3,(H,27,30)(H,31,32). The first-order chi connectivity index (χ1) is 15.3. The summed E-state index contributed by atoms with van der Waals surface area (Å²) in [5.41, 5.74) is 8.20. The third-order valence-corrected chi connectivity index (χ3v) is 5.58. The molecule has 0 saturated heterocycles. The zero-order valence-electron chi connectivity index (χ0n) is 18.3. The van der Waals surface area contributed by atoms with E-state index in [-0.39, 0.29) is 18.7 Å². The third kappa shape index (κ3) is 4.54. The van der Waals surface area contributed by atoms with E-state index in [0.717, 1.165) is 28.2 Å². The molecule has 4 aromatic rings. The Morgan fingerprint density at radius 2 is 1.69 bits per heavy atom. The predicted molar refractivity (Wildman–Crippen MR) is 125 cm³/mol. The van der Waals surface area contributed by atoms with Gasteiger partial charge in [0, 0.05) is 17.4 Å². The molecule has 0 radical (unpaired) electrons. The molecule has 2 aromatic heterocycles. The first kappa shape index (κ1) is 21.3. The normalized spacial score (nSPS) is 11.0. The highest BCUT2D eigenvalue weighted by atomic mass is 16.4. The molecule has 6 nitrogen and oxygen atoms in total. The van der Waals surface area contributed by atoms with Gasteiger partial charge < -0.3 is 14.8 Å². The number of nitrogens with one attached hydrogen (secondary N) is 1. The van der Waals surface area contributed by atoms with Gasteiger partial charge >= 0.3 is 5.97 Å². The van der Waals surface area contributed by atoms with Crippen LogP contribution in [0.25, 0.3) is 16.9 Å². The van der Waals surface area contributed by atoms with Gasteiger partial charge in [0.15, 0.2) is 0 Å². The topological polar surface area (TPSA) is 83.7 Å². The number of amides is 1. The molecule has 4 rings (SSSR count). The molecule has 6 heteroatoms. The highest BCUT2D eigenvalue weighted by Crippen LogP contribution is 2.27. The van der Waals surface area contributed by atoms with Crippen molar-refractivity contribution in [2.24, 2.45) is 0 Å². The largest absolute Gasteiger partial charge is 0.481 e. The number of fused-ring (bicyclic) bond motifs is 1. The van der Waals surface area contributed by atoms with Crippen LogP contribution in [-0.4, -0.2) is 26.4 Å². The summed E-state index contributed by atoms with van der Waals surface area (Å²) in [4.78, 5) is 28.6. The van der Waals surface area contributed by atoms with Gasteiger partial charge in [-0.25, -0.2) is 4.98 Å². The van der Waals surface area contributed by atoms with Gasteiger partial charge in [0.1, 0.15) is 5.65 Å². The molecule has 2 heterocycles. The Morgan fingerprint density at radius 3 is 2.38 bits per heavy atom.